The van der Waals surface area contributed by atoms with E-state index in [9.17, 15) is 0 Å². The monoisotopic (exact) mass is 438 g/mol. The molecule has 0 unspecified atom stereocenters. The summed E-state index contributed by atoms with van der Waals surface area (Å²) in [5.41, 5.74) is 0. The highest BCUT2D eigenvalue weighted by molar-refractivity contribution is 14.0. The predicted octanol–water partition coefficient (Wildman–Crippen LogP) is 1.83. The fourth-order valence-corrected chi connectivity index (χ4v) is 1.99. The molecule has 0 spiro atoms. The quantitative estimate of drug-likeness (QED) is 0.239. The van der Waals surface area contributed by atoms with Crippen LogP contribution >= 0.6 is 24.0 Å². The molecule has 0 atom stereocenters. The molecule has 0 aliphatic heterocycles. The van der Waals surface area contributed by atoms with Gasteiger partial charge in [-0.15, -0.1) is 34.2 Å². The van der Waals surface area contributed by atoms with Crippen LogP contribution in [0, 0.1) is 0 Å². The summed E-state index contributed by atoms with van der Waals surface area (Å²) in [4.78, 5) is 4.57. The van der Waals surface area contributed by atoms with Gasteiger partial charge in [0.25, 0.3) is 0 Å². The number of nitrogens with one attached hydrogen (secondary N) is 2. The molecule has 0 radical (unpaired) electrons. The lowest BCUT2D eigenvalue weighted by Crippen LogP contribution is -2.39. The van der Waals surface area contributed by atoms with Crippen LogP contribution in [-0.4, -0.2) is 54.1 Å². The number of aryl methyl sites for hydroxylation is 1. The van der Waals surface area contributed by atoms with Gasteiger partial charge in [-0.1, -0.05) is 20.3 Å². The van der Waals surface area contributed by atoms with E-state index in [0.717, 1.165) is 63.8 Å². The van der Waals surface area contributed by atoms with Crippen LogP contribution in [-0.2, 0) is 17.7 Å². The summed E-state index contributed by atoms with van der Waals surface area (Å²) in [5.74, 6) is 1.88. The maximum atomic E-state index is 5.05. The van der Waals surface area contributed by atoms with Gasteiger partial charge in [0.1, 0.15) is 12.2 Å². The number of methoxy groups -OCH3 is 1. The molecule has 0 aromatic carbocycles. The smallest absolute Gasteiger partial charge is 0.191 e. The maximum Gasteiger partial charge on any atom is 0.191 e. The van der Waals surface area contributed by atoms with Crippen molar-refractivity contribution in [3.8, 4) is 0 Å². The van der Waals surface area contributed by atoms with E-state index in [1.165, 1.54) is 6.42 Å². The molecule has 1 aromatic heterocycles. The molecule has 0 fully saturated rings. The van der Waals surface area contributed by atoms with Crippen molar-refractivity contribution >= 4 is 29.9 Å². The Bertz CT molecular complexity index is 424. The fourth-order valence-electron chi connectivity index (χ4n) is 1.99. The minimum Gasteiger partial charge on any atom is -0.385 e. The summed E-state index contributed by atoms with van der Waals surface area (Å²) < 4.78 is 7.12. The number of hydrogen-bond acceptors (Lipinski definition) is 4. The van der Waals surface area contributed by atoms with Crippen molar-refractivity contribution in [2.75, 3.05) is 33.4 Å². The number of nitrogens with zero attached hydrogens (tertiary/aromatic N) is 4. The third-order valence-corrected chi connectivity index (χ3v) is 3.26. The van der Waals surface area contributed by atoms with Crippen LogP contribution in [0.15, 0.2) is 11.3 Å². The highest BCUT2D eigenvalue weighted by atomic mass is 127. The molecule has 8 heteroatoms. The Morgan fingerprint density at radius 1 is 1.26 bits per heavy atom. The maximum absolute atomic E-state index is 5.05. The number of guanidine groups is 1. The minimum atomic E-state index is 0. The zero-order valence-electron chi connectivity index (χ0n) is 14.5. The van der Waals surface area contributed by atoms with Crippen LogP contribution in [0.4, 0.5) is 0 Å². The average molecular weight is 438 g/mol. The molecule has 2 N–H and O–H groups in total. The summed E-state index contributed by atoms with van der Waals surface area (Å²) >= 11 is 0. The first-order chi connectivity index (χ1) is 10.8. The van der Waals surface area contributed by atoms with E-state index < -0.39 is 0 Å². The summed E-state index contributed by atoms with van der Waals surface area (Å²) in [6.45, 7) is 8.36. The van der Waals surface area contributed by atoms with Gasteiger partial charge in [0.2, 0.25) is 0 Å². The van der Waals surface area contributed by atoms with E-state index in [1.807, 2.05) is 0 Å². The molecule has 0 amide bonds. The number of aliphatic imine (C=N–C) groups is 1. The lowest BCUT2D eigenvalue weighted by Gasteiger charge is -2.13. The van der Waals surface area contributed by atoms with Crippen molar-refractivity contribution in [3.63, 3.8) is 0 Å². The largest absolute Gasteiger partial charge is 0.385 e. The standard InChI is InChI=1S/C15H30N6O.HI/c1-4-6-8-16-15(17-9-7-12-22-3)18-10-11-21-13-19-20-14(21)5-2;/h13H,4-12H2,1-3H3,(H2,16,17,18);1H. The molecule has 0 bridgehead atoms. The second-order valence-corrected chi connectivity index (χ2v) is 5.08. The van der Waals surface area contributed by atoms with Crippen LogP contribution < -0.4 is 10.6 Å². The van der Waals surface area contributed by atoms with Gasteiger partial charge < -0.3 is 19.9 Å². The Kier molecular flexibility index (Phi) is 14.1. The number of halogens is 1. The van der Waals surface area contributed by atoms with Gasteiger partial charge in [-0.25, -0.2) is 0 Å². The summed E-state index contributed by atoms with van der Waals surface area (Å²) in [6.07, 6.45) is 5.92. The summed E-state index contributed by atoms with van der Waals surface area (Å²) in [5, 5.41) is 14.8. The first-order valence-corrected chi connectivity index (χ1v) is 8.19. The van der Waals surface area contributed by atoms with Crippen LogP contribution in [0.5, 0.6) is 0 Å². The lowest BCUT2D eigenvalue weighted by molar-refractivity contribution is 0.197. The summed E-state index contributed by atoms with van der Waals surface area (Å²) in [6, 6.07) is 0. The lowest BCUT2D eigenvalue weighted by atomic mass is 10.3. The average Bonchev–Trinajstić information content (AvgIpc) is 2.98. The van der Waals surface area contributed by atoms with Gasteiger partial charge in [0.15, 0.2) is 5.96 Å². The van der Waals surface area contributed by atoms with Crippen LogP contribution in [0.2, 0.25) is 0 Å². The van der Waals surface area contributed by atoms with E-state index in [4.69, 9.17) is 4.74 Å². The predicted molar refractivity (Wildman–Crippen MR) is 105 cm³/mol. The molecule has 134 valence electrons. The number of ether oxygens (including phenoxy) is 1. The van der Waals surface area contributed by atoms with Crippen molar-refractivity contribution in [2.24, 2.45) is 4.99 Å². The Labute approximate surface area is 156 Å². The second kappa shape index (κ2) is 14.7. The van der Waals surface area contributed by atoms with Crippen molar-refractivity contribution in [3.05, 3.63) is 12.2 Å². The molecular formula is C15H31IN6O. The molecule has 1 heterocycles. The first-order valence-electron chi connectivity index (χ1n) is 8.19. The third kappa shape index (κ3) is 9.75. The molecule has 1 rings (SSSR count). The van der Waals surface area contributed by atoms with Crippen molar-refractivity contribution < 1.29 is 4.74 Å². The normalized spacial score (nSPS) is 11.2. The molecule has 7 nitrogen and oxygen atoms in total. The molecular weight excluding hydrogens is 407 g/mol. The number of aromatic nitrogens is 3. The third-order valence-electron chi connectivity index (χ3n) is 3.26. The van der Waals surface area contributed by atoms with E-state index in [-0.39, 0.29) is 24.0 Å². The van der Waals surface area contributed by atoms with Crippen molar-refractivity contribution in [1.82, 2.24) is 25.4 Å². The number of rotatable bonds is 11. The molecule has 1 aromatic rings. The summed E-state index contributed by atoms with van der Waals surface area (Å²) in [7, 11) is 1.72. The zero-order valence-corrected chi connectivity index (χ0v) is 16.9. The van der Waals surface area contributed by atoms with Gasteiger partial charge >= 0.3 is 0 Å². The zero-order chi connectivity index (χ0) is 16.0. The molecule has 0 saturated carbocycles. The van der Waals surface area contributed by atoms with Gasteiger partial charge in [-0.05, 0) is 12.8 Å². The van der Waals surface area contributed by atoms with Gasteiger partial charge in [0.05, 0.1) is 0 Å². The van der Waals surface area contributed by atoms with Crippen LogP contribution in [0.3, 0.4) is 0 Å². The topological polar surface area (TPSA) is 76.4 Å². The van der Waals surface area contributed by atoms with E-state index in [1.54, 1.807) is 13.4 Å². The molecule has 0 saturated heterocycles. The SMILES string of the molecule is CCCCNC(=NCCCOC)NCCn1cnnc1CC.I. The van der Waals surface area contributed by atoms with Gasteiger partial charge in [-0.3, -0.25) is 4.99 Å². The number of unbranched alkanes of at least 4 members (excludes halogenated alkanes) is 1. The Balaban J connectivity index is 0.00000484. The van der Waals surface area contributed by atoms with Crippen molar-refractivity contribution in [2.45, 2.75) is 46.1 Å². The Morgan fingerprint density at radius 3 is 2.74 bits per heavy atom. The second-order valence-electron chi connectivity index (χ2n) is 5.08. The van der Waals surface area contributed by atoms with E-state index in [0.29, 0.717) is 0 Å². The van der Waals surface area contributed by atoms with E-state index >= 15 is 0 Å². The highest BCUT2D eigenvalue weighted by Gasteiger charge is 2.02. The highest BCUT2D eigenvalue weighted by Crippen LogP contribution is 1.94. The fraction of sp³-hybridized carbons (Fsp3) is 0.800. The molecule has 0 aliphatic rings. The number of hydrogen-bond donors (Lipinski definition) is 2. The van der Waals surface area contributed by atoms with Crippen LogP contribution in [0.25, 0.3) is 0 Å². The minimum absolute atomic E-state index is 0. The van der Waals surface area contributed by atoms with Crippen molar-refractivity contribution in [1.29, 1.82) is 0 Å². The van der Waals surface area contributed by atoms with Crippen LogP contribution in [0.1, 0.15) is 38.9 Å². The van der Waals surface area contributed by atoms with Gasteiger partial charge in [-0.2, -0.15) is 0 Å². The Morgan fingerprint density at radius 2 is 2.04 bits per heavy atom. The molecule has 0 aliphatic carbocycles. The molecule has 23 heavy (non-hydrogen) atoms. The van der Waals surface area contributed by atoms with Gasteiger partial charge in [0, 0.05) is 46.3 Å². The Hall–Kier alpha value is -0.900. The first kappa shape index (κ1) is 22.1. The van der Waals surface area contributed by atoms with E-state index in [2.05, 4.69) is 44.2 Å².